The average molecular weight is 217 g/mol. The van der Waals surface area contributed by atoms with Gasteiger partial charge in [0.1, 0.15) is 0 Å². The Bertz CT molecular complexity index is 350. The first-order chi connectivity index (χ1) is 7.62. The minimum Gasteiger partial charge on any atom is -0.314 e. The van der Waals surface area contributed by atoms with Gasteiger partial charge in [-0.2, -0.15) is 0 Å². The topological polar surface area (TPSA) is 12.0 Å². The van der Waals surface area contributed by atoms with Crippen molar-refractivity contribution in [3.8, 4) is 0 Å². The summed E-state index contributed by atoms with van der Waals surface area (Å²) >= 11 is 0. The summed E-state index contributed by atoms with van der Waals surface area (Å²) in [5.74, 6) is 0. The van der Waals surface area contributed by atoms with Crippen molar-refractivity contribution in [1.82, 2.24) is 5.32 Å². The highest BCUT2D eigenvalue weighted by Crippen LogP contribution is 2.43. The SMILES string of the molecule is Cc1cccc(C2(CNC(C)C)CCC2)c1. The van der Waals surface area contributed by atoms with Gasteiger partial charge < -0.3 is 5.32 Å². The summed E-state index contributed by atoms with van der Waals surface area (Å²) in [5, 5.41) is 3.61. The number of hydrogen-bond donors (Lipinski definition) is 1. The molecule has 16 heavy (non-hydrogen) atoms. The lowest BCUT2D eigenvalue weighted by atomic mass is 9.64. The molecule has 1 aromatic carbocycles. The molecule has 1 aliphatic carbocycles. The molecule has 1 heteroatoms. The fourth-order valence-corrected chi connectivity index (χ4v) is 2.55. The summed E-state index contributed by atoms with van der Waals surface area (Å²) in [6, 6.07) is 9.63. The van der Waals surface area contributed by atoms with Crippen LogP contribution in [0.2, 0.25) is 0 Å². The predicted molar refractivity (Wildman–Crippen MR) is 69.8 cm³/mol. The summed E-state index contributed by atoms with van der Waals surface area (Å²) in [5.41, 5.74) is 3.34. The normalized spacial score (nSPS) is 18.5. The number of hydrogen-bond acceptors (Lipinski definition) is 1. The molecule has 0 radical (unpaired) electrons. The zero-order valence-corrected chi connectivity index (χ0v) is 10.7. The van der Waals surface area contributed by atoms with E-state index in [9.17, 15) is 0 Å². The minimum atomic E-state index is 0.427. The number of rotatable bonds is 4. The molecule has 0 atom stereocenters. The molecule has 1 N–H and O–H groups in total. The summed E-state index contributed by atoms with van der Waals surface area (Å²) in [7, 11) is 0. The molecule has 1 saturated carbocycles. The fraction of sp³-hybridized carbons (Fsp3) is 0.600. The van der Waals surface area contributed by atoms with Gasteiger partial charge >= 0.3 is 0 Å². The monoisotopic (exact) mass is 217 g/mol. The van der Waals surface area contributed by atoms with Crippen LogP contribution < -0.4 is 5.32 Å². The van der Waals surface area contributed by atoms with Crippen LogP contribution >= 0.6 is 0 Å². The van der Waals surface area contributed by atoms with Crippen LogP contribution in [0.15, 0.2) is 24.3 Å². The van der Waals surface area contributed by atoms with Gasteiger partial charge in [0.25, 0.3) is 0 Å². The van der Waals surface area contributed by atoms with Crippen LogP contribution in [-0.4, -0.2) is 12.6 Å². The van der Waals surface area contributed by atoms with E-state index in [1.807, 2.05) is 0 Å². The van der Waals surface area contributed by atoms with Gasteiger partial charge in [0.15, 0.2) is 0 Å². The lowest BCUT2D eigenvalue weighted by Crippen LogP contribution is -2.45. The number of aryl methyl sites for hydroxylation is 1. The Morgan fingerprint density at radius 2 is 2.06 bits per heavy atom. The van der Waals surface area contributed by atoms with Crippen LogP contribution in [-0.2, 0) is 5.41 Å². The largest absolute Gasteiger partial charge is 0.314 e. The molecule has 0 heterocycles. The smallest absolute Gasteiger partial charge is 0.00779 e. The first kappa shape index (κ1) is 11.7. The van der Waals surface area contributed by atoms with Crippen LogP contribution in [0, 0.1) is 6.92 Å². The summed E-state index contributed by atoms with van der Waals surface area (Å²) < 4.78 is 0. The second-order valence-corrected chi connectivity index (χ2v) is 5.54. The number of nitrogens with one attached hydrogen (secondary N) is 1. The van der Waals surface area contributed by atoms with E-state index in [2.05, 4.69) is 50.4 Å². The van der Waals surface area contributed by atoms with Crippen molar-refractivity contribution >= 4 is 0 Å². The van der Waals surface area contributed by atoms with Gasteiger partial charge in [-0.1, -0.05) is 50.1 Å². The molecule has 0 spiro atoms. The Labute approximate surface area is 99.3 Å². The molecule has 1 aliphatic rings. The summed E-state index contributed by atoms with van der Waals surface area (Å²) in [4.78, 5) is 0. The third-order valence-electron chi connectivity index (χ3n) is 3.79. The lowest BCUT2D eigenvalue weighted by molar-refractivity contribution is 0.228. The van der Waals surface area contributed by atoms with Gasteiger partial charge in [0.2, 0.25) is 0 Å². The Morgan fingerprint density at radius 1 is 1.31 bits per heavy atom. The van der Waals surface area contributed by atoms with Crippen molar-refractivity contribution in [2.45, 2.75) is 51.5 Å². The molecule has 1 fully saturated rings. The third-order valence-corrected chi connectivity index (χ3v) is 3.79. The maximum atomic E-state index is 3.61. The molecule has 88 valence electrons. The van der Waals surface area contributed by atoms with Gasteiger partial charge in [-0.25, -0.2) is 0 Å². The van der Waals surface area contributed by atoms with E-state index in [1.165, 1.54) is 30.4 Å². The Morgan fingerprint density at radius 3 is 2.56 bits per heavy atom. The van der Waals surface area contributed by atoms with Crippen LogP contribution in [0.1, 0.15) is 44.2 Å². The Kier molecular flexibility index (Phi) is 3.34. The van der Waals surface area contributed by atoms with Gasteiger partial charge in [0.05, 0.1) is 0 Å². The van der Waals surface area contributed by atoms with Crippen molar-refractivity contribution < 1.29 is 0 Å². The lowest BCUT2D eigenvalue weighted by Gasteiger charge is -2.43. The molecular weight excluding hydrogens is 194 g/mol. The van der Waals surface area contributed by atoms with E-state index in [0.717, 1.165) is 6.54 Å². The van der Waals surface area contributed by atoms with Crippen LogP contribution in [0.5, 0.6) is 0 Å². The summed E-state index contributed by atoms with van der Waals surface area (Å²) in [6.07, 6.45) is 4.07. The first-order valence-corrected chi connectivity index (χ1v) is 6.43. The minimum absolute atomic E-state index is 0.427. The van der Waals surface area contributed by atoms with Crippen LogP contribution in [0.25, 0.3) is 0 Å². The van der Waals surface area contributed by atoms with Crippen molar-refractivity contribution in [2.75, 3.05) is 6.54 Å². The van der Waals surface area contributed by atoms with Crippen molar-refractivity contribution in [2.24, 2.45) is 0 Å². The van der Waals surface area contributed by atoms with E-state index >= 15 is 0 Å². The second-order valence-electron chi connectivity index (χ2n) is 5.54. The van der Waals surface area contributed by atoms with E-state index in [1.54, 1.807) is 0 Å². The summed E-state index contributed by atoms with van der Waals surface area (Å²) in [6.45, 7) is 7.77. The highest BCUT2D eigenvalue weighted by Gasteiger charge is 2.38. The Balaban J connectivity index is 2.14. The average Bonchev–Trinajstić information content (AvgIpc) is 2.15. The van der Waals surface area contributed by atoms with Gasteiger partial charge in [-0.15, -0.1) is 0 Å². The second kappa shape index (κ2) is 4.58. The molecule has 0 unspecified atom stereocenters. The van der Waals surface area contributed by atoms with E-state index < -0.39 is 0 Å². The molecule has 1 aromatic rings. The Hall–Kier alpha value is -0.820. The van der Waals surface area contributed by atoms with E-state index in [0.29, 0.717) is 11.5 Å². The molecule has 1 nitrogen and oxygen atoms in total. The van der Waals surface area contributed by atoms with Crippen molar-refractivity contribution in [1.29, 1.82) is 0 Å². The fourth-order valence-electron chi connectivity index (χ4n) is 2.55. The number of benzene rings is 1. The van der Waals surface area contributed by atoms with Gasteiger partial charge in [-0.3, -0.25) is 0 Å². The highest BCUT2D eigenvalue weighted by molar-refractivity contribution is 5.32. The van der Waals surface area contributed by atoms with Crippen molar-refractivity contribution in [3.05, 3.63) is 35.4 Å². The first-order valence-electron chi connectivity index (χ1n) is 6.43. The van der Waals surface area contributed by atoms with Crippen molar-refractivity contribution in [3.63, 3.8) is 0 Å². The zero-order valence-electron chi connectivity index (χ0n) is 10.7. The standard InChI is InChI=1S/C15H23N/c1-12(2)16-11-15(8-5-9-15)14-7-4-6-13(3)10-14/h4,6-7,10,12,16H,5,8-9,11H2,1-3H3. The molecule has 0 aliphatic heterocycles. The molecule has 0 amide bonds. The van der Waals surface area contributed by atoms with Gasteiger partial charge in [0, 0.05) is 18.0 Å². The van der Waals surface area contributed by atoms with E-state index in [4.69, 9.17) is 0 Å². The molecule has 0 aromatic heterocycles. The maximum Gasteiger partial charge on any atom is 0.00779 e. The third kappa shape index (κ3) is 2.30. The van der Waals surface area contributed by atoms with E-state index in [-0.39, 0.29) is 0 Å². The molecule has 0 saturated heterocycles. The van der Waals surface area contributed by atoms with Crippen LogP contribution in [0.3, 0.4) is 0 Å². The predicted octanol–water partition coefficient (Wildman–Crippen LogP) is 3.41. The van der Waals surface area contributed by atoms with Gasteiger partial charge in [-0.05, 0) is 25.3 Å². The molecule has 0 bridgehead atoms. The maximum absolute atomic E-state index is 3.61. The molecular formula is C15H23N. The highest BCUT2D eigenvalue weighted by atomic mass is 14.9. The van der Waals surface area contributed by atoms with Crippen LogP contribution in [0.4, 0.5) is 0 Å². The quantitative estimate of drug-likeness (QED) is 0.815. The zero-order chi connectivity index (χ0) is 11.6. The molecule has 2 rings (SSSR count).